The van der Waals surface area contributed by atoms with Crippen LogP contribution >= 0.6 is 0 Å². The smallest absolute Gasteiger partial charge is 0.429 e. The van der Waals surface area contributed by atoms with E-state index in [0.717, 1.165) is 49.0 Å². The largest absolute Gasteiger partial charge is 0.508 e. The Morgan fingerprint density at radius 1 is 0.892 bits per heavy atom. The van der Waals surface area contributed by atoms with Crippen molar-refractivity contribution in [1.82, 2.24) is 15.3 Å². The maximum absolute atomic E-state index is 13.1. The fraction of sp³-hybridized carbons (Fsp3) is 0.310. The highest BCUT2D eigenvalue weighted by molar-refractivity contribution is 5.74. The van der Waals surface area contributed by atoms with Gasteiger partial charge in [0.25, 0.3) is 0 Å². The third-order valence-corrected chi connectivity index (χ3v) is 6.30. The summed E-state index contributed by atoms with van der Waals surface area (Å²) < 4.78 is 10.9. The Kier molecular flexibility index (Phi) is 9.37. The van der Waals surface area contributed by atoms with Crippen LogP contribution in [0.3, 0.4) is 0 Å². The van der Waals surface area contributed by atoms with E-state index in [9.17, 15) is 14.7 Å². The van der Waals surface area contributed by atoms with Crippen LogP contribution in [0.5, 0.6) is 5.75 Å². The molecule has 8 heteroatoms. The predicted molar refractivity (Wildman–Crippen MR) is 140 cm³/mol. The van der Waals surface area contributed by atoms with Crippen LogP contribution in [-0.4, -0.2) is 52.9 Å². The molecule has 8 nitrogen and oxygen atoms in total. The first-order chi connectivity index (χ1) is 18.1. The Morgan fingerprint density at radius 2 is 1.54 bits per heavy atom. The van der Waals surface area contributed by atoms with Crippen LogP contribution in [-0.2, 0) is 29.1 Å². The molecule has 2 N–H and O–H groups in total. The Morgan fingerprint density at radius 3 is 2.22 bits per heavy atom. The second-order valence-corrected chi connectivity index (χ2v) is 9.10. The van der Waals surface area contributed by atoms with E-state index in [4.69, 9.17) is 9.47 Å². The highest BCUT2D eigenvalue weighted by atomic mass is 16.6. The zero-order chi connectivity index (χ0) is 25.9. The van der Waals surface area contributed by atoms with Crippen LogP contribution in [0.2, 0.25) is 0 Å². The molecular formula is C29H33N3O5. The van der Waals surface area contributed by atoms with Crippen molar-refractivity contribution < 1.29 is 24.2 Å². The summed E-state index contributed by atoms with van der Waals surface area (Å²) >= 11 is 0. The number of amides is 2. The highest BCUT2D eigenvalue weighted by Crippen LogP contribution is 2.18. The summed E-state index contributed by atoms with van der Waals surface area (Å²) in [5, 5.41) is 11.0. The molecule has 1 atom stereocenters. The summed E-state index contributed by atoms with van der Waals surface area (Å²) in [5.74, 6) is 0.250. The van der Waals surface area contributed by atoms with Crippen molar-refractivity contribution in [3.63, 3.8) is 0 Å². The van der Waals surface area contributed by atoms with Gasteiger partial charge in [-0.15, -0.1) is 0 Å². The molecule has 4 rings (SSSR count). The summed E-state index contributed by atoms with van der Waals surface area (Å²) in [6, 6.07) is 25.7. The molecule has 0 radical (unpaired) electrons. The lowest BCUT2D eigenvalue weighted by Crippen LogP contribution is -2.57. The molecule has 37 heavy (non-hydrogen) atoms. The number of likely N-dealkylation sites (tertiary alicyclic amines) is 1. The van der Waals surface area contributed by atoms with Gasteiger partial charge >= 0.3 is 12.2 Å². The number of benzene rings is 3. The summed E-state index contributed by atoms with van der Waals surface area (Å²) in [5.41, 5.74) is 5.39. The number of ether oxygens (including phenoxy) is 2. The summed E-state index contributed by atoms with van der Waals surface area (Å²) in [4.78, 5) is 28.0. The van der Waals surface area contributed by atoms with Crippen molar-refractivity contribution in [3.8, 4) is 5.75 Å². The quantitative estimate of drug-likeness (QED) is 0.426. The minimum Gasteiger partial charge on any atom is -0.508 e. The number of nitrogens with zero attached hydrogens (tertiary/aromatic N) is 2. The number of carbonyl (C=O) groups excluding carboxylic acids is 2. The van der Waals surface area contributed by atoms with Gasteiger partial charge in [0.15, 0.2) is 0 Å². The minimum atomic E-state index is -0.711. The predicted octanol–water partition coefficient (Wildman–Crippen LogP) is 4.88. The zero-order valence-corrected chi connectivity index (χ0v) is 20.8. The van der Waals surface area contributed by atoms with Crippen LogP contribution in [0.4, 0.5) is 9.59 Å². The maximum Gasteiger partial charge on any atom is 0.429 e. The first-order valence-corrected chi connectivity index (χ1v) is 12.5. The molecule has 1 aliphatic heterocycles. The number of phenols is 1. The molecule has 194 valence electrons. The van der Waals surface area contributed by atoms with E-state index in [2.05, 4.69) is 10.3 Å². The summed E-state index contributed by atoms with van der Waals surface area (Å²) in [6.07, 6.45) is 1.03. The lowest BCUT2D eigenvalue weighted by atomic mass is 10.0. The van der Waals surface area contributed by atoms with Crippen LogP contribution < -0.4 is 5.43 Å². The number of hydrogen-bond acceptors (Lipinski definition) is 6. The first-order valence-electron chi connectivity index (χ1n) is 12.5. The van der Waals surface area contributed by atoms with Gasteiger partial charge in [-0.05, 0) is 54.6 Å². The number of hydrazine groups is 1. The Hall–Kier alpha value is -4.04. The first kappa shape index (κ1) is 26.0. The number of rotatable bonds is 8. The minimum absolute atomic E-state index is 0.0975. The topological polar surface area (TPSA) is 91.3 Å². The Bertz CT molecular complexity index is 1140. The zero-order valence-electron chi connectivity index (χ0n) is 20.8. The van der Waals surface area contributed by atoms with Crippen molar-refractivity contribution in [2.24, 2.45) is 0 Å². The molecule has 0 spiro atoms. The van der Waals surface area contributed by atoms with Gasteiger partial charge in [-0.2, -0.15) is 0 Å². The molecule has 0 saturated carbocycles. The van der Waals surface area contributed by atoms with Gasteiger partial charge in [0.2, 0.25) is 0 Å². The molecule has 1 fully saturated rings. The van der Waals surface area contributed by atoms with Crippen molar-refractivity contribution in [1.29, 1.82) is 0 Å². The number of aromatic hydroxyl groups is 1. The van der Waals surface area contributed by atoms with Crippen LogP contribution in [0.25, 0.3) is 0 Å². The highest BCUT2D eigenvalue weighted by Gasteiger charge is 2.31. The van der Waals surface area contributed by atoms with Crippen LogP contribution in [0, 0.1) is 0 Å². The van der Waals surface area contributed by atoms with E-state index in [1.807, 2.05) is 72.8 Å². The molecule has 3 aromatic rings. The van der Waals surface area contributed by atoms with E-state index < -0.39 is 12.2 Å². The van der Waals surface area contributed by atoms with Gasteiger partial charge in [0, 0.05) is 13.1 Å². The van der Waals surface area contributed by atoms with E-state index in [-0.39, 0.29) is 25.0 Å². The molecule has 0 aliphatic carbocycles. The molecule has 1 unspecified atom stereocenters. The maximum atomic E-state index is 13.1. The average Bonchev–Trinajstić information content (AvgIpc) is 2.94. The van der Waals surface area contributed by atoms with Gasteiger partial charge < -0.3 is 19.5 Å². The van der Waals surface area contributed by atoms with Crippen molar-refractivity contribution in [3.05, 3.63) is 102 Å². The summed E-state index contributed by atoms with van der Waals surface area (Å²) in [7, 11) is 0. The van der Waals surface area contributed by atoms with Crippen LogP contribution in [0.15, 0.2) is 84.9 Å². The molecule has 1 heterocycles. The Labute approximate surface area is 217 Å². The second kappa shape index (κ2) is 13.3. The molecule has 0 aromatic heterocycles. The van der Waals surface area contributed by atoms with Gasteiger partial charge in [-0.25, -0.2) is 20.0 Å². The van der Waals surface area contributed by atoms with Crippen LogP contribution in [0.1, 0.15) is 29.5 Å². The molecule has 3 aromatic carbocycles. The van der Waals surface area contributed by atoms with E-state index in [0.29, 0.717) is 6.54 Å². The fourth-order valence-corrected chi connectivity index (χ4v) is 4.37. The molecule has 1 aliphatic rings. The number of hydrogen-bond donors (Lipinski definition) is 2. The second-order valence-electron chi connectivity index (χ2n) is 9.10. The number of piperidine rings is 1. The van der Waals surface area contributed by atoms with Gasteiger partial charge in [0.05, 0.1) is 6.04 Å². The number of carbonyl (C=O) groups is 2. The monoisotopic (exact) mass is 503 g/mol. The molecule has 0 bridgehead atoms. The third kappa shape index (κ3) is 8.25. The van der Waals surface area contributed by atoms with Gasteiger partial charge in [0.1, 0.15) is 19.0 Å². The fourth-order valence-electron chi connectivity index (χ4n) is 4.37. The lowest BCUT2D eigenvalue weighted by Gasteiger charge is -2.38. The van der Waals surface area contributed by atoms with Crippen molar-refractivity contribution >= 4 is 12.2 Å². The molecule has 1 saturated heterocycles. The Balaban J connectivity index is 1.38. The van der Waals surface area contributed by atoms with Crippen molar-refractivity contribution in [2.75, 3.05) is 19.6 Å². The van der Waals surface area contributed by atoms with E-state index >= 15 is 0 Å². The SMILES string of the molecule is O=C(NN(C(=O)OCc1ccccc1)C1CCCN(CCc2cccc(O)c2)C1)OCc1ccccc1. The number of phenolic OH excluding ortho intramolecular Hbond substituents is 1. The third-order valence-electron chi connectivity index (χ3n) is 6.30. The average molecular weight is 504 g/mol. The molecular weight excluding hydrogens is 470 g/mol. The lowest BCUT2D eigenvalue weighted by molar-refractivity contribution is 0.0258. The normalized spacial score (nSPS) is 15.5. The van der Waals surface area contributed by atoms with Crippen molar-refractivity contribution in [2.45, 2.75) is 38.5 Å². The standard InChI is InChI=1S/C29H33N3O5/c33-27-15-7-13-23(19-27)16-18-31-17-8-14-26(20-31)32(29(35)37-22-25-11-5-2-6-12-25)30-28(34)36-21-24-9-3-1-4-10-24/h1-7,9-13,15,19,26,33H,8,14,16-18,20-22H2,(H,30,34). The van der Waals surface area contributed by atoms with E-state index in [1.165, 1.54) is 5.01 Å². The van der Waals surface area contributed by atoms with Gasteiger partial charge in [-0.1, -0.05) is 72.8 Å². The van der Waals surface area contributed by atoms with Gasteiger partial charge in [-0.3, -0.25) is 0 Å². The molecule has 2 amide bonds. The van der Waals surface area contributed by atoms with E-state index in [1.54, 1.807) is 12.1 Å². The summed E-state index contributed by atoms with van der Waals surface area (Å²) in [6.45, 7) is 2.44. The number of nitrogens with one attached hydrogen (secondary N) is 1.